The van der Waals surface area contributed by atoms with Gasteiger partial charge in [0, 0.05) is 39.4 Å². The Morgan fingerprint density at radius 3 is 1.35 bits per heavy atom. The van der Waals surface area contributed by atoms with Crippen molar-refractivity contribution in [2.45, 2.75) is 46.0 Å². The van der Waals surface area contributed by atoms with Crippen molar-refractivity contribution < 1.29 is 10.2 Å². The molecule has 0 fully saturated rings. The Morgan fingerprint density at radius 2 is 0.878 bits per heavy atom. The van der Waals surface area contributed by atoms with Gasteiger partial charge in [-0.25, -0.2) is 0 Å². The average Bonchev–Trinajstić information content (AvgIpc) is 3.11. The van der Waals surface area contributed by atoms with E-state index in [2.05, 4.69) is 52.0 Å². The molecule has 0 amide bonds. The number of benzene rings is 6. The molecule has 0 saturated heterocycles. The molecule has 0 aromatic heterocycles. The van der Waals surface area contributed by atoms with Gasteiger partial charge in [-0.1, -0.05) is 143 Å². The molecule has 10 N–H and O–H groups in total. The monoisotopic (exact) mass is 654 g/mol. The first-order valence-corrected chi connectivity index (χ1v) is 16.5. The fraction of sp³-hybridized carbons (Fsp3) is 0.163. The van der Waals surface area contributed by atoms with Crippen LogP contribution < -0.4 is 22.9 Å². The number of para-hydroxylation sites is 5. The maximum absolute atomic E-state index is 9.67. The van der Waals surface area contributed by atoms with Crippen LogP contribution in [0.1, 0.15) is 57.1 Å². The van der Waals surface area contributed by atoms with E-state index in [1.165, 1.54) is 22.8 Å². The van der Waals surface area contributed by atoms with Crippen LogP contribution in [0.25, 0.3) is 22.3 Å². The Kier molecular flexibility index (Phi) is 14.6. The number of rotatable bonds is 5. The van der Waals surface area contributed by atoms with Crippen molar-refractivity contribution in [2.24, 2.45) is 0 Å². The van der Waals surface area contributed by atoms with Gasteiger partial charge in [-0.3, -0.25) is 0 Å². The van der Waals surface area contributed by atoms with Gasteiger partial charge in [0.05, 0.1) is 0 Å². The van der Waals surface area contributed by atoms with E-state index in [9.17, 15) is 10.2 Å². The molecule has 0 aliphatic carbocycles. The minimum atomic E-state index is -0.143. The molecule has 0 radical (unpaired) electrons. The summed E-state index contributed by atoms with van der Waals surface area (Å²) in [6.07, 6.45) is 1.15. The van der Waals surface area contributed by atoms with Crippen LogP contribution in [-0.4, -0.2) is 10.2 Å². The molecule has 6 rings (SSSR count). The van der Waals surface area contributed by atoms with Gasteiger partial charge < -0.3 is 33.1 Å². The lowest BCUT2D eigenvalue weighted by Gasteiger charge is -2.10. The van der Waals surface area contributed by atoms with Crippen LogP contribution in [-0.2, 0) is 0 Å². The van der Waals surface area contributed by atoms with Gasteiger partial charge >= 0.3 is 0 Å². The van der Waals surface area contributed by atoms with Crippen LogP contribution >= 0.6 is 0 Å². The molecule has 1 unspecified atom stereocenters. The molecule has 0 aliphatic rings. The van der Waals surface area contributed by atoms with Crippen molar-refractivity contribution in [1.29, 1.82) is 0 Å². The highest BCUT2D eigenvalue weighted by Crippen LogP contribution is 2.38. The van der Waals surface area contributed by atoms with Crippen molar-refractivity contribution in [3.8, 4) is 33.8 Å². The summed E-state index contributed by atoms with van der Waals surface area (Å²) in [5, 5.41) is 19.0. The molecule has 0 aliphatic heterocycles. The highest BCUT2D eigenvalue weighted by Gasteiger charge is 2.10. The number of hydrogen-bond acceptors (Lipinski definition) is 6. The second-order valence-electron chi connectivity index (χ2n) is 11.9. The van der Waals surface area contributed by atoms with Gasteiger partial charge in [0.25, 0.3) is 0 Å². The first-order chi connectivity index (χ1) is 23.5. The molecule has 1 atom stereocenters. The molecular formula is C43H50N4O2. The number of aromatic hydroxyl groups is 2. The van der Waals surface area contributed by atoms with E-state index in [4.69, 9.17) is 22.9 Å². The maximum Gasteiger partial charge on any atom is 0.165 e. The van der Waals surface area contributed by atoms with E-state index in [0.29, 0.717) is 28.7 Å². The number of nitrogens with two attached hydrogens (primary N) is 4. The maximum atomic E-state index is 9.67. The number of nitrogen functional groups attached to an aromatic ring is 4. The molecule has 0 spiro atoms. The summed E-state index contributed by atoms with van der Waals surface area (Å²) >= 11 is 0. The Hall–Kier alpha value is -5.88. The number of hydrogen-bond donors (Lipinski definition) is 6. The quantitative estimate of drug-likeness (QED) is 0.0806. The Labute approximate surface area is 291 Å². The predicted molar refractivity (Wildman–Crippen MR) is 210 cm³/mol. The number of phenolic OH excluding ortho intramolecular Hbond substituents is 2. The molecule has 6 nitrogen and oxygen atoms in total. The van der Waals surface area contributed by atoms with E-state index in [1.807, 2.05) is 91.0 Å². The van der Waals surface area contributed by atoms with Gasteiger partial charge in [0.15, 0.2) is 11.5 Å². The summed E-state index contributed by atoms with van der Waals surface area (Å²) in [7, 11) is 0. The van der Waals surface area contributed by atoms with E-state index in [1.54, 1.807) is 24.3 Å². The summed E-state index contributed by atoms with van der Waals surface area (Å²) in [6.45, 7) is 8.67. The van der Waals surface area contributed by atoms with E-state index in [-0.39, 0.29) is 11.5 Å². The van der Waals surface area contributed by atoms with Crippen molar-refractivity contribution in [3.05, 3.63) is 157 Å². The average molecular weight is 655 g/mol. The van der Waals surface area contributed by atoms with E-state index >= 15 is 0 Å². The second-order valence-corrected chi connectivity index (χ2v) is 11.9. The van der Waals surface area contributed by atoms with Crippen molar-refractivity contribution in [1.82, 2.24) is 0 Å². The lowest BCUT2D eigenvalue weighted by atomic mass is 9.97. The normalized spacial score (nSPS) is 10.7. The van der Waals surface area contributed by atoms with Crippen LogP contribution in [0.5, 0.6) is 11.5 Å². The molecule has 49 heavy (non-hydrogen) atoms. The van der Waals surface area contributed by atoms with Crippen LogP contribution in [0.4, 0.5) is 22.7 Å². The third kappa shape index (κ3) is 11.1. The molecule has 0 bridgehead atoms. The Balaban J connectivity index is 0.000000179. The Morgan fingerprint density at radius 1 is 0.449 bits per heavy atom. The standard InChI is InChI=1S/C12H11NO2.C12H11N.C10H15N.C9H13N/c13-10-6-2-1-4-8(10)9-5-3-7-11(14)12(9)15;13-12-9-5-4-8-11(12)10-6-2-1-3-7-10;1-3-8(2)9-6-4-5-7-10(9)11;1-7(2)8-5-3-4-6-9(8)10/h1-7,14-15H,13H2;1-9H,13H2;4-8H,3,11H2,1-2H3;3-7H,10H2,1-2H3. The zero-order chi connectivity index (χ0) is 35.8. The topological polar surface area (TPSA) is 145 Å². The van der Waals surface area contributed by atoms with Crippen LogP contribution in [0.15, 0.2) is 146 Å². The van der Waals surface area contributed by atoms with E-state index in [0.717, 1.165) is 29.0 Å². The second kappa shape index (κ2) is 19.1. The third-order valence-corrected chi connectivity index (χ3v) is 8.07. The molecule has 6 aromatic carbocycles. The van der Waals surface area contributed by atoms with Crippen molar-refractivity contribution in [2.75, 3.05) is 22.9 Å². The fourth-order valence-corrected chi connectivity index (χ4v) is 5.08. The summed E-state index contributed by atoms with van der Waals surface area (Å²) in [4.78, 5) is 0. The lowest BCUT2D eigenvalue weighted by molar-refractivity contribution is 0.405. The first kappa shape index (κ1) is 37.6. The SMILES string of the molecule is CC(C)c1ccccc1N.CCC(C)c1ccccc1N.Nc1ccccc1-c1cccc(O)c1O.Nc1ccccc1-c1ccccc1. The fourth-order valence-electron chi connectivity index (χ4n) is 5.08. The van der Waals surface area contributed by atoms with Gasteiger partial charge in [-0.2, -0.15) is 0 Å². The summed E-state index contributed by atoms with van der Waals surface area (Å²) in [6, 6.07) is 46.1. The molecule has 0 saturated carbocycles. The van der Waals surface area contributed by atoms with Gasteiger partial charge in [-0.15, -0.1) is 0 Å². The smallest absolute Gasteiger partial charge is 0.165 e. The summed E-state index contributed by atoms with van der Waals surface area (Å²) in [5.74, 6) is 0.823. The van der Waals surface area contributed by atoms with Gasteiger partial charge in [0.1, 0.15) is 0 Å². The van der Waals surface area contributed by atoms with Crippen LogP contribution in [0.3, 0.4) is 0 Å². The van der Waals surface area contributed by atoms with E-state index < -0.39 is 0 Å². The first-order valence-electron chi connectivity index (χ1n) is 16.5. The highest BCUT2D eigenvalue weighted by molar-refractivity contribution is 5.81. The highest BCUT2D eigenvalue weighted by atomic mass is 16.3. The van der Waals surface area contributed by atoms with Crippen LogP contribution in [0.2, 0.25) is 0 Å². The van der Waals surface area contributed by atoms with Crippen molar-refractivity contribution >= 4 is 22.7 Å². The zero-order valence-corrected chi connectivity index (χ0v) is 28.9. The molecule has 6 aromatic rings. The minimum Gasteiger partial charge on any atom is -0.504 e. The largest absolute Gasteiger partial charge is 0.504 e. The van der Waals surface area contributed by atoms with Gasteiger partial charge in [-0.05, 0) is 65.3 Å². The summed E-state index contributed by atoms with van der Waals surface area (Å²) < 4.78 is 0. The summed E-state index contributed by atoms with van der Waals surface area (Å²) in [5.41, 5.74) is 32.4. The number of phenols is 2. The predicted octanol–water partition coefficient (Wildman–Crippen LogP) is 10.5. The van der Waals surface area contributed by atoms with Gasteiger partial charge in [0.2, 0.25) is 0 Å². The minimum absolute atomic E-state index is 0.143. The molecule has 0 heterocycles. The molecular weight excluding hydrogens is 604 g/mol. The van der Waals surface area contributed by atoms with Crippen LogP contribution in [0, 0.1) is 0 Å². The number of anilines is 4. The molecule has 6 heteroatoms. The van der Waals surface area contributed by atoms with Crippen molar-refractivity contribution in [3.63, 3.8) is 0 Å². The lowest BCUT2D eigenvalue weighted by Crippen LogP contribution is -1.97. The zero-order valence-electron chi connectivity index (χ0n) is 28.9. The molecule has 254 valence electrons. The Bertz CT molecular complexity index is 1870. The third-order valence-electron chi connectivity index (χ3n) is 8.07.